The highest BCUT2D eigenvalue weighted by molar-refractivity contribution is 6.03. The number of hydrogen-bond donors (Lipinski definition) is 1. The highest BCUT2D eigenvalue weighted by Crippen LogP contribution is 2.20. The van der Waals surface area contributed by atoms with Crippen molar-refractivity contribution in [3.63, 3.8) is 0 Å². The number of ether oxygens (including phenoxy) is 1. The minimum atomic E-state index is -0.354. The lowest BCUT2D eigenvalue weighted by atomic mass is 10.1. The number of morpholine rings is 1. The van der Waals surface area contributed by atoms with Crippen LogP contribution in [0.1, 0.15) is 16.1 Å². The first kappa shape index (κ1) is 18.9. The summed E-state index contributed by atoms with van der Waals surface area (Å²) < 4.78 is 10.5. The SMILES string of the molecule is O=C(Nc1ccc(CC(=O)N2CCOCC2)cc1)c1cc(-c2ccccc2)on1. The summed E-state index contributed by atoms with van der Waals surface area (Å²) in [7, 11) is 0. The number of carbonyl (C=O) groups excluding carboxylic acids is 2. The Labute approximate surface area is 168 Å². The number of nitrogens with zero attached hydrogens (tertiary/aromatic N) is 2. The average Bonchev–Trinajstić information content (AvgIpc) is 3.27. The molecular formula is C22H21N3O4. The number of anilines is 1. The lowest BCUT2D eigenvalue weighted by Crippen LogP contribution is -2.41. The van der Waals surface area contributed by atoms with Crippen molar-refractivity contribution in [1.29, 1.82) is 0 Å². The summed E-state index contributed by atoms with van der Waals surface area (Å²) in [5, 5.41) is 6.64. The highest BCUT2D eigenvalue weighted by Gasteiger charge is 2.17. The maximum Gasteiger partial charge on any atom is 0.277 e. The van der Waals surface area contributed by atoms with Crippen molar-refractivity contribution in [3.8, 4) is 11.3 Å². The third kappa shape index (κ3) is 4.70. The molecule has 0 bridgehead atoms. The Morgan fingerprint density at radius 2 is 1.72 bits per heavy atom. The molecule has 29 heavy (non-hydrogen) atoms. The summed E-state index contributed by atoms with van der Waals surface area (Å²) in [5.41, 5.74) is 2.58. The van der Waals surface area contributed by atoms with E-state index in [1.165, 1.54) is 0 Å². The Kier molecular flexibility index (Phi) is 5.67. The van der Waals surface area contributed by atoms with E-state index in [0.717, 1.165) is 11.1 Å². The van der Waals surface area contributed by atoms with Gasteiger partial charge in [-0.1, -0.05) is 47.6 Å². The molecule has 148 valence electrons. The van der Waals surface area contributed by atoms with Crippen molar-refractivity contribution in [3.05, 3.63) is 71.9 Å². The zero-order valence-corrected chi connectivity index (χ0v) is 15.8. The van der Waals surface area contributed by atoms with Gasteiger partial charge in [0.1, 0.15) is 0 Å². The summed E-state index contributed by atoms with van der Waals surface area (Å²) >= 11 is 0. The van der Waals surface area contributed by atoms with Crippen molar-refractivity contribution in [1.82, 2.24) is 10.1 Å². The molecule has 7 nitrogen and oxygen atoms in total. The molecule has 2 heterocycles. The van der Waals surface area contributed by atoms with E-state index in [1.807, 2.05) is 47.4 Å². The van der Waals surface area contributed by atoms with Gasteiger partial charge in [-0.2, -0.15) is 0 Å². The van der Waals surface area contributed by atoms with Crippen molar-refractivity contribution < 1.29 is 18.8 Å². The molecule has 0 atom stereocenters. The Balaban J connectivity index is 1.35. The van der Waals surface area contributed by atoms with E-state index in [0.29, 0.717) is 44.2 Å². The molecule has 2 amide bonds. The van der Waals surface area contributed by atoms with E-state index >= 15 is 0 Å². The van der Waals surface area contributed by atoms with E-state index in [2.05, 4.69) is 10.5 Å². The van der Waals surface area contributed by atoms with Crippen LogP contribution in [-0.2, 0) is 16.0 Å². The predicted octanol–water partition coefficient (Wildman–Crippen LogP) is 3.00. The molecule has 7 heteroatoms. The maximum atomic E-state index is 12.4. The number of rotatable bonds is 5. The first-order valence-electron chi connectivity index (χ1n) is 9.47. The Morgan fingerprint density at radius 1 is 1.00 bits per heavy atom. The van der Waals surface area contributed by atoms with Gasteiger partial charge in [0.2, 0.25) is 5.91 Å². The minimum Gasteiger partial charge on any atom is -0.378 e. The first-order valence-corrected chi connectivity index (χ1v) is 9.47. The minimum absolute atomic E-state index is 0.0844. The second-order valence-corrected chi connectivity index (χ2v) is 6.76. The monoisotopic (exact) mass is 391 g/mol. The Bertz CT molecular complexity index is 977. The normalized spacial score (nSPS) is 13.9. The smallest absolute Gasteiger partial charge is 0.277 e. The molecule has 4 rings (SSSR count). The fourth-order valence-corrected chi connectivity index (χ4v) is 3.12. The van der Waals surface area contributed by atoms with Gasteiger partial charge in [0.15, 0.2) is 11.5 Å². The van der Waals surface area contributed by atoms with Crippen LogP contribution >= 0.6 is 0 Å². The second kappa shape index (κ2) is 8.70. The second-order valence-electron chi connectivity index (χ2n) is 6.76. The van der Waals surface area contributed by atoms with Crippen LogP contribution in [0.25, 0.3) is 11.3 Å². The molecule has 1 aliphatic heterocycles. The van der Waals surface area contributed by atoms with Gasteiger partial charge in [0.05, 0.1) is 19.6 Å². The number of nitrogens with one attached hydrogen (secondary N) is 1. The molecule has 0 spiro atoms. The van der Waals surface area contributed by atoms with Crippen molar-refractivity contribution >= 4 is 17.5 Å². The van der Waals surface area contributed by atoms with E-state index in [4.69, 9.17) is 9.26 Å². The third-order valence-electron chi connectivity index (χ3n) is 4.73. The molecule has 1 saturated heterocycles. The standard InChI is InChI=1S/C22H21N3O4/c26-21(25-10-12-28-13-11-25)14-16-6-8-18(9-7-16)23-22(27)19-15-20(29-24-19)17-4-2-1-3-5-17/h1-9,15H,10-14H2,(H,23,27). The summed E-state index contributed by atoms with van der Waals surface area (Å²) in [6.07, 6.45) is 0.331. The number of hydrogen-bond acceptors (Lipinski definition) is 5. The lowest BCUT2D eigenvalue weighted by Gasteiger charge is -2.26. The van der Waals surface area contributed by atoms with Gasteiger partial charge in [-0.25, -0.2) is 0 Å². The molecule has 1 N–H and O–H groups in total. The largest absolute Gasteiger partial charge is 0.378 e. The molecular weight excluding hydrogens is 370 g/mol. The summed E-state index contributed by atoms with van der Waals surface area (Å²) in [6, 6.07) is 18.3. The summed E-state index contributed by atoms with van der Waals surface area (Å²) in [5.74, 6) is 0.266. The fraction of sp³-hybridized carbons (Fsp3) is 0.227. The summed E-state index contributed by atoms with van der Waals surface area (Å²) in [4.78, 5) is 26.6. The van der Waals surface area contributed by atoms with Gasteiger partial charge < -0.3 is 19.5 Å². The predicted molar refractivity (Wildman–Crippen MR) is 107 cm³/mol. The van der Waals surface area contributed by atoms with Gasteiger partial charge in [-0.05, 0) is 17.7 Å². The maximum absolute atomic E-state index is 12.4. The molecule has 0 unspecified atom stereocenters. The Hall–Kier alpha value is -3.45. The van der Waals surface area contributed by atoms with E-state index in [9.17, 15) is 9.59 Å². The van der Waals surface area contributed by atoms with Crippen LogP contribution in [0.5, 0.6) is 0 Å². The quantitative estimate of drug-likeness (QED) is 0.723. The number of benzene rings is 2. The molecule has 0 radical (unpaired) electrons. The fourth-order valence-electron chi connectivity index (χ4n) is 3.12. The third-order valence-corrected chi connectivity index (χ3v) is 4.73. The molecule has 0 saturated carbocycles. The van der Waals surface area contributed by atoms with Crippen LogP contribution in [0.4, 0.5) is 5.69 Å². The van der Waals surface area contributed by atoms with Crippen molar-refractivity contribution in [2.24, 2.45) is 0 Å². The van der Waals surface area contributed by atoms with Gasteiger partial charge in [-0.15, -0.1) is 0 Å². The van der Waals surface area contributed by atoms with Gasteiger partial charge >= 0.3 is 0 Å². The molecule has 1 aromatic heterocycles. The topological polar surface area (TPSA) is 84.7 Å². The van der Waals surface area contributed by atoms with Crippen LogP contribution in [0.15, 0.2) is 65.2 Å². The number of aromatic nitrogens is 1. The first-order chi connectivity index (χ1) is 14.2. The van der Waals surface area contributed by atoms with Crippen molar-refractivity contribution in [2.75, 3.05) is 31.6 Å². The highest BCUT2D eigenvalue weighted by atomic mass is 16.5. The van der Waals surface area contributed by atoms with E-state index < -0.39 is 0 Å². The number of carbonyl (C=O) groups is 2. The van der Waals surface area contributed by atoms with Crippen molar-refractivity contribution in [2.45, 2.75) is 6.42 Å². The zero-order valence-electron chi connectivity index (χ0n) is 15.8. The van der Waals surface area contributed by atoms with E-state index in [-0.39, 0.29) is 17.5 Å². The molecule has 1 aliphatic rings. The van der Waals surface area contributed by atoms with Crippen LogP contribution < -0.4 is 5.32 Å². The molecule has 3 aromatic rings. The van der Waals surface area contributed by atoms with Gasteiger partial charge in [-0.3, -0.25) is 9.59 Å². The summed E-state index contributed by atoms with van der Waals surface area (Å²) in [6.45, 7) is 2.45. The Morgan fingerprint density at radius 3 is 2.45 bits per heavy atom. The zero-order chi connectivity index (χ0) is 20.1. The van der Waals surface area contributed by atoms with Crippen LogP contribution in [-0.4, -0.2) is 48.2 Å². The molecule has 2 aromatic carbocycles. The average molecular weight is 391 g/mol. The lowest BCUT2D eigenvalue weighted by molar-refractivity contribution is -0.134. The van der Waals surface area contributed by atoms with E-state index in [1.54, 1.807) is 18.2 Å². The van der Waals surface area contributed by atoms with Crippen LogP contribution in [0.3, 0.4) is 0 Å². The molecule has 0 aliphatic carbocycles. The van der Waals surface area contributed by atoms with Gasteiger partial charge in [0, 0.05) is 30.4 Å². The number of amides is 2. The van der Waals surface area contributed by atoms with Crippen LogP contribution in [0.2, 0.25) is 0 Å². The van der Waals surface area contributed by atoms with Crippen LogP contribution in [0, 0.1) is 0 Å². The van der Waals surface area contributed by atoms with Gasteiger partial charge in [0.25, 0.3) is 5.91 Å². The molecule has 1 fully saturated rings.